The molecule has 3 atom stereocenters. The van der Waals surface area contributed by atoms with Crippen LogP contribution in [0.15, 0.2) is 0 Å². The fourth-order valence-corrected chi connectivity index (χ4v) is 2.89. The van der Waals surface area contributed by atoms with E-state index in [1.807, 2.05) is 0 Å². The molecule has 1 rings (SSSR count). The Hall–Kier alpha value is -0.0400. The van der Waals surface area contributed by atoms with Gasteiger partial charge in [0.25, 0.3) is 0 Å². The quantitative estimate of drug-likeness (QED) is 0.634. The molecule has 1 aliphatic rings. The van der Waals surface area contributed by atoms with E-state index in [9.17, 15) is 0 Å². The first-order valence-corrected chi connectivity index (χ1v) is 7.49. The van der Waals surface area contributed by atoms with Gasteiger partial charge in [0.2, 0.25) is 0 Å². The lowest BCUT2D eigenvalue weighted by Gasteiger charge is -2.34. The zero-order valence-corrected chi connectivity index (χ0v) is 11.6. The van der Waals surface area contributed by atoms with Gasteiger partial charge in [0.1, 0.15) is 0 Å². The van der Waals surface area contributed by atoms with Crippen LogP contribution in [0.3, 0.4) is 0 Å². The maximum atomic E-state index is 3.78. The molecule has 16 heavy (non-hydrogen) atoms. The van der Waals surface area contributed by atoms with Crippen molar-refractivity contribution in [3.63, 3.8) is 0 Å². The van der Waals surface area contributed by atoms with Gasteiger partial charge in [-0.1, -0.05) is 59.3 Å². The molecule has 0 amide bonds. The second-order valence-corrected chi connectivity index (χ2v) is 5.74. The van der Waals surface area contributed by atoms with E-state index in [0.29, 0.717) is 0 Å². The van der Waals surface area contributed by atoms with Crippen molar-refractivity contribution in [1.82, 2.24) is 5.32 Å². The summed E-state index contributed by atoms with van der Waals surface area (Å²) in [6.45, 7) is 8.37. The number of nitrogens with one attached hydrogen (secondary N) is 1. The second-order valence-electron chi connectivity index (χ2n) is 5.74. The second kappa shape index (κ2) is 8.11. The Balaban J connectivity index is 2.03. The van der Waals surface area contributed by atoms with Gasteiger partial charge in [0, 0.05) is 6.04 Å². The Morgan fingerprint density at radius 2 is 1.75 bits per heavy atom. The third-order valence-electron chi connectivity index (χ3n) is 4.39. The molecule has 1 nitrogen and oxygen atoms in total. The van der Waals surface area contributed by atoms with Crippen LogP contribution in [-0.4, -0.2) is 12.6 Å². The molecule has 1 fully saturated rings. The van der Waals surface area contributed by atoms with E-state index >= 15 is 0 Å². The third-order valence-corrected chi connectivity index (χ3v) is 4.39. The maximum absolute atomic E-state index is 3.78. The molecule has 0 bridgehead atoms. The van der Waals surface area contributed by atoms with Gasteiger partial charge < -0.3 is 5.32 Å². The largest absolute Gasteiger partial charge is 0.314 e. The van der Waals surface area contributed by atoms with Gasteiger partial charge in [0.05, 0.1) is 0 Å². The molecule has 1 saturated carbocycles. The van der Waals surface area contributed by atoms with Gasteiger partial charge in [-0.25, -0.2) is 0 Å². The highest BCUT2D eigenvalue weighted by molar-refractivity contribution is 4.81. The summed E-state index contributed by atoms with van der Waals surface area (Å²) in [5, 5.41) is 3.78. The van der Waals surface area contributed by atoms with E-state index in [0.717, 1.165) is 17.9 Å². The van der Waals surface area contributed by atoms with Gasteiger partial charge in [-0.2, -0.15) is 0 Å². The molecule has 1 aliphatic carbocycles. The molecular weight excluding hydrogens is 194 g/mol. The summed E-state index contributed by atoms with van der Waals surface area (Å²) in [4.78, 5) is 0. The zero-order valence-electron chi connectivity index (χ0n) is 11.6. The molecule has 0 aromatic heterocycles. The van der Waals surface area contributed by atoms with E-state index in [4.69, 9.17) is 0 Å². The number of unbranched alkanes of at least 4 members (excludes halogenated alkanes) is 4. The molecule has 0 aromatic rings. The first kappa shape index (κ1) is 14.0. The lowest BCUT2D eigenvalue weighted by molar-refractivity contribution is 0.206. The first-order chi connectivity index (χ1) is 7.75. The molecule has 0 spiro atoms. The average molecular weight is 225 g/mol. The first-order valence-electron chi connectivity index (χ1n) is 7.49. The Morgan fingerprint density at radius 3 is 2.50 bits per heavy atom. The van der Waals surface area contributed by atoms with Crippen LogP contribution in [0.2, 0.25) is 0 Å². The minimum absolute atomic E-state index is 0.801. The summed E-state index contributed by atoms with van der Waals surface area (Å²) in [6, 6.07) is 0.801. The van der Waals surface area contributed by atoms with Crippen LogP contribution in [-0.2, 0) is 0 Å². The van der Waals surface area contributed by atoms with Crippen LogP contribution in [0.5, 0.6) is 0 Å². The summed E-state index contributed by atoms with van der Waals surface area (Å²) in [5.74, 6) is 1.80. The molecule has 0 aromatic carbocycles. The third kappa shape index (κ3) is 4.86. The van der Waals surface area contributed by atoms with Crippen molar-refractivity contribution < 1.29 is 0 Å². The monoisotopic (exact) mass is 225 g/mol. The van der Waals surface area contributed by atoms with Crippen LogP contribution in [0.4, 0.5) is 0 Å². The number of hydrogen-bond acceptors (Lipinski definition) is 1. The maximum Gasteiger partial charge on any atom is 0.00952 e. The van der Waals surface area contributed by atoms with Crippen molar-refractivity contribution in [1.29, 1.82) is 0 Å². The van der Waals surface area contributed by atoms with Crippen molar-refractivity contribution in [3.05, 3.63) is 0 Å². The standard InChI is InChI=1S/C15H31N/c1-4-5-6-7-8-12-16-15-11-9-10-13(2)14(15)3/h13-16H,4-12H2,1-3H3. The molecule has 0 aliphatic heterocycles. The highest BCUT2D eigenvalue weighted by Gasteiger charge is 2.25. The highest BCUT2D eigenvalue weighted by Crippen LogP contribution is 2.29. The zero-order chi connectivity index (χ0) is 11.8. The van der Waals surface area contributed by atoms with E-state index in [-0.39, 0.29) is 0 Å². The Labute approximate surface area is 102 Å². The molecule has 0 heterocycles. The van der Waals surface area contributed by atoms with Gasteiger partial charge >= 0.3 is 0 Å². The molecule has 0 saturated heterocycles. The number of rotatable bonds is 7. The summed E-state index contributed by atoms with van der Waals surface area (Å²) in [5.41, 5.74) is 0. The summed E-state index contributed by atoms with van der Waals surface area (Å²) in [6.07, 6.45) is 11.3. The van der Waals surface area contributed by atoms with Crippen LogP contribution < -0.4 is 5.32 Å². The van der Waals surface area contributed by atoms with E-state index < -0.39 is 0 Å². The van der Waals surface area contributed by atoms with Crippen LogP contribution >= 0.6 is 0 Å². The molecule has 1 N–H and O–H groups in total. The Morgan fingerprint density at radius 1 is 1.00 bits per heavy atom. The number of hydrogen-bond donors (Lipinski definition) is 1. The molecule has 96 valence electrons. The summed E-state index contributed by atoms with van der Waals surface area (Å²) >= 11 is 0. The van der Waals surface area contributed by atoms with Crippen LogP contribution in [0.1, 0.15) is 72.1 Å². The SMILES string of the molecule is CCCCCCCNC1CCCC(C)C1C. The van der Waals surface area contributed by atoms with Gasteiger partial charge in [-0.05, 0) is 31.2 Å². The lowest BCUT2D eigenvalue weighted by atomic mass is 9.78. The van der Waals surface area contributed by atoms with Crippen molar-refractivity contribution in [2.75, 3.05) is 6.54 Å². The van der Waals surface area contributed by atoms with E-state index in [1.54, 1.807) is 0 Å². The highest BCUT2D eigenvalue weighted by atomic mass is 14.9. The van der Waals surface area contributed by atoms with Crippen LogP contribution in [0.25, 0.3) is 0 Å². The van der Waals surface area contributed by atoms with Gasteiger partial charge in [-0.3, -0.25) is 0 Å². The predicted octanol–water partition coefficient (Wildman–Crippen LogP) is 4.37. The Bertz CT molecular complexity index is 167. The predicted molar refractivity (Wildman–Crippen MR) is 72.7 cm³/mol. The average Bonchev–Trinajstić information content (AvgIpc) is 2.29. The minimum Gasteiger partial charge on any atom is -0.314 e. The van der Waals surface area contributed by atoms with Crippen molar-refractivity contribution in [3.8, 4) is 0 Å². The fourth-order valence-electron chi connectivity index (χ4n) is 2.89. The van der Waals surface area contributed by atoms with Crippen molar-refractivity contribution in [2.24, 2.45) is 11.8 Å². The minimum atomic E-state index is 0.801. The van der Waals surface area contributed by atoms with Crippen molar-refractivity contribution >= 4 is 0 Å². The van der Waals surface area contributed by atoms with Crippen LogP contribution in [0, 0.1) is 11.8 Å². The normalized spacial score (nSPS) is 30.6. The van der Waals surface area contributed by atoms with E-state index in [1.165, 1.54) is 57.9 Å². The topological polar surface area (TPSA) is 12.0 Å². The smallest absolute Gasteiger partial charge is 0.00952 e. The molecular formula is C15H31N. The van der Waals surface area contributed by atoms with E-state index in [2.05, 4.69) is 26.1 Å². The molecule has 1 heteroatoms. The summed E-state index contributed by atoms with van der Waals surface area (Å²) in [7, 11) is 0. The molecule has 0 radical (unpaired) electrons. The summed E-state index contributed by atoms with van der Waals surface area (Å²) < 4.78 is 0. The Kier molecular flexibility index (Phi) is 7.11. The van der Waals surface area contributed by atoms with Gasteiger partial charge in [0.15, 0.2) is 0 Å². The fraction of sp³-hybridized carbons (Fsp3) is 1.00. The molecule has 3 unspecified atom stereocenters. The lowest BCUT2D eigenvalue weighted by Crippen LogP contribution is -2.40. The van der Waals surface area contributed by atoms with Gasteiger partial charge in [-0.15, -0.1) is 0 Å². The van der Waals surface area contributed by atoms with Crippen molar-refractivity contribution in [2.45, 2.75) is 78.2 Å².